The molecule has 0 bridgehead atoms. The van der Waals surface area contributed by atoms with Crippen LogP contribution in [0.15, 0.2) is 0 Å². The molecule has 0 amide bonds. The molecule has 0 fully saturated rings. The van der Waals surface area contributed by atoms with E-state index in [-0.39, 0.29) is 0 Å². The molecule has 0 radical (unpaired) electrons. The second kappa shape index (κ2) is 6.72. The Labute approximate surface area is 88.8 Å². The zero-order valence-corrected chi connectivity index (χ0v) is 9.33. The van der Waals surface area contributed by atoms with Crippen molar-refractivity contribution in [1.82, 2.24) is 0 Å². The maximum Gasteiger partial charge on any atom is 0.360 e. The summed E-state index contributed by atoms with van der Waals surface area (Å²) in [5, 5.41) is 0. The fourth-order valence-corrected chi connectivity index (χ4v) is 0.974. The van der Waals surface area contributed by atoms with Gasteiger partial charge in [0.15, 0.2) is 0 Å². The summed E-state index contributed by atoms with van der Waals surface area (Å²) in [5.74, 6) is -0.905. The van der Waals surface area contributed by atoms with Gasteiger partial charge in [0.25, 0.3) is 10.1 Å². The van der Waals surface area contributed by atoms with Crippen LogP contribution in [0.4, 0.5) is 0 Å². The Bertz CT molecular complexity index is 290. The Hall–Kier alpha value is -0.700. The van der Waals surface area contributed by atoms with E-state index >= 15 is 0 Å². The number of hydrogen-bond donors (Lipinski definition) is 2. The van der Waals surface area contributed by atoms with Gasteiger partial charge in [-0.3, -0.25) is 4.89 Å². The van der Waals surface area contributed by atoms with Crippen molar-refractivity contribution in [2.45, 2.75) is 25.3 Å². The highest BCUT2D eigenvalue weighted by Crippen LogP contribution is 2.01. The van der Waals surface area contributed by atoms with Crippen molar-refractivity contribution in [3.63, 3.8) is 0 Å². The van der Waals surface area contributed by atoms with Crippen LogP contribution in [0.3, 0.4) is 0 Å². The van der Waals surface area contributed by atoms with Crippen LogP contribution in [0.5, 0.6) is 0 Å². The molecule has 7 nitrogen and oxygen atoms in total. The Balaban J connectivity index is 3.79. The van der Waals surface area contributed by atoms with Gasteiger partial charge >= 0.3 is 5.97 Å². The van der Waals surface area contributed by atoms with Gasteiger partial charge < -0.3 is 11.5 Å². The Morgan fingerprint density at radius 3 is 2.47 bits per heavy atom. The van der Waals surface area contributed by atoms with Crippen LogP contribution in [0, 0.1) is 0 Å². The lowest BCUT2D eigenvalue weighted by Crippen LogP contribution is -2.32. The molecule has 1 atom stereocenters. The second-order valence-electron chi connectivity index (χ2n) is 3.07. The molecule has 4 N–H and O–H groups in total. The third-order valence-corrected chi connectivity index (χ3v) is 1.83. The summed E-state index contributed by atoms with van der Waals surface area (Å²) in [6, 6.07) is -0.890. The minimum Gasteiger partial charge on any atom is -0.330 e. The van der Waals surface area contributed by atoms with E-state index in [1.54, 1.807) is 0 Å². The molecular weight excluding hydrogens is 224 g/mol. The summed E-state index contributed by atoms with van der Waals surface area (Å²) in [4.78, 5) is 15.0. The molecule has 0 saturated heterocycles. The molecule has 0 aliphatic carbocycles. The second-order valence-corrected chi connectivity index (χ2v) is 4.61. The first-order valence-electron chi connectivity index (χ1n) is 4.42. The summed E-state index contributed by atoms with van der Waals surface area (Å²) in [6.45, 7) is 0.515. The summed E-state index contributed by atoms with van der Waals surface area (Å²) in [5.41, 5.74) is 10.6. The summed E-state index contributed by atoms with van der Waals surface area (Å²) in [6.07, 6.45) is 2.56. The molecule has 90 valence electrons. The molecule has 1 unspecified atom stereocenters. The first-order valence-corrected chi connectivity index (χ1v) is 6.24. The van der Waals surface area contributed by atoms with Gasteiger partial charge in [-0.1, -0.05) is 10.8 Å². The summed E-state index contributed by atoms with van der Waals surface area (Å²) in [7, 11) is -3.80. The zero-order chi connectivity index (χ0) is 11.9. The van der Waals surface area contributed by atoms with Crippen LogP contribution in [0.1, 0.15) is 19.3 Å². The zero-order valence-electron chi connectivity index (χ0n) is 8.51. The van der Waals surface area contributed by atoms with Gasteiger partial charge in [0, 0.05) is 0 Å². The molecule has 0 aliphatic heterocycles. The standard InChI is InChI=1S/C7H16N2O5S/c1-15(11,12)14-13-7(10)6(9)4-2-3-5-8/h6H,2-5,8-9H2,1H3. The Morgan fingerprint density at radius 1 is 1.40 bits per heavy atom. The molecule has 0 spiro atoms. The summed E-state index contributed by atoms with van der Waals surface area (Å²) < 4.78 is 24.8. The molecule has 0 aromatic carbocycles. The molecule has 0 saturated carbocycles. The SMILES string of the molecule is CS(=O)(=O)OOC(=O)C(N)CCCCN. The molecule has 0 heterocycles. The van der Waals surface area contributed by atoms with Crippen molar-refractivity contribution in [2.24, 2.45) is 11.5 Å². The van der Waals surface area contributed by atoms with E-state index in [2.05, 4.69) is 9.22 Å². The van der Waals surface area contributed by atoms with Gasteiger partial charge in [-0.15, -0.1) is 0 Å². The molecule has 0 aromatic rings. The predicted octanol–water partition coefficient (Wildman–Crippen LogP) is -1.12. The first kappa shape index (κ1) is 14.3. The minimum atomic E-state index is -3.80. The lowest BCUT2D eigenvalue weighted by atomic mass is 10.1. The van der Waals surface area contributed by atoms with Crippen molar-refractivity contribution in [3.05, 3.63) is 0 Å². The third kappa shape index (κ3) is 8.30. The van der Waals surface area contributed by atoms with Gasteiger partial charge in [-0.05, 0) is 19.4 Å². The largest absolute Gasteiger partial charge is 0.360 e. The van der Waals surface area contributed by atoms with Crippen LogP contribution >= 0.6 is 0 Å². The number of hydrogen-bond acceptors (Lipinski definition) is 7. The van der Waals surface area contributed by atoms with Crippen LogP contribution in [-0.2, 0) is 24.1 Å². The summed E-state index contributed by atoms with van der Waals surface area (Å²) >= 11 is 0. The third-order valence-electron chi connectivity index (χ3n) is 1.51. The number of rotatable bonds is 7. The predicted molar refractivity (Wildman–Crippen MR) is 52.9 cm³/mol. The smallest absolute Gasteiger partial charge is 0.330 e. The van der Waals surface area contributed by atoms with Crippen molar-refractivity contribution in [3.8, 4) is 0 Å². The van der Waals surface area contributed by atoms with Gasteiger partial charge in [-0.25, -0.2) is 4.79 Å². The van der Waals surface area contributed by atoms with E-state index in [9.17, 15) is 13.2 Å². The molecule has 0 aliphatic rings. The molecule has 8 heteroatoms. The van der Waals surface area contributed by atoms with Crippen LogP contribution < -0.4 is 11.5 Å². The van der Waals surface area contributed by atoms with Crippen LogP contribution in [0.2, 0.25) is 0 Å². The van der Waals surface area contributed by atoms with E-state index in [1.165, 1.54) is 0 Å². The molecular formula is C7H16N2O5S. The van der Waals surface area contributed by atoms with Crippen molar-refractivity contribution in [1.29, 1.82) is 0 Å². The minimum absolute atomic E-state index is 0.378. The van der Waals surface area contributed by atoms with E-state index in [0.717, 1.165) is 12.7 Å². The monoisotopic (exact) mass is 240 g/mol. The topological polar surface area (TPSA) is 122 Å². The van der Waals surface area contributed by atoms with Gasteiger partial charge in [0.05, 0.1) is 6.26 Å². The van der Waals surface area contributed by atoms with E-state index < -0.39 is 22.1 Å². The lowest BCUT2D eigenvalue weighted by Gasteiger charge is -2.08. The number of nitrogens with two attached hydrogens (primary N) is 2. The molecule has 0 aromatic heterocycles. The van der Waals surface area contributed by atoms with Crippen molar-refractivity contribution >= 4 is 16.1 Å². The number of carbonyl (C=O) groups is 1. The average Bonchev–Trinajstić information content (AvgIpc) is 2.13. The fourth-order valence-electron chi connectivity index (χ4n) is 0.784. The fraction of sp³-hybridized carbons (Fsp3) is 0.857. The van der Waals surface area contributed by atoms with E-state index in [4.69, 9.17) is 11.5 Å². The lowest BCUT2D eigenvalue weighted by molar-refractivity contribution is -0.212. The van der Waals surface area contributed by atoms with E-state index in [1.807, 2.05) is 0 Å². The van der Waals surface area contributed by atoms with Crippen LogP contribution in [-0.4, -0.2) is 33.2 Å². The highest BCUT2D eigenvalue weighted by Gasteiger charge is 2.17. The number of carbonyl (C=O) groups excluding carboxylic acids is 1. The van der Waals surface area contributed by atoms with Crippen molar-refractivity contribution in [2.75, 3.05) is 12.8 Å². The molecule has 15 heavy (non-hydrogen) atoms. The Morgan fingerprint density at radius 2 is 2.00 bits per heavy atom. The average molecular weight is 240 g/mol. The normalized spacial score (nSPS) is 13.5. The highest BCUT2D eigenvalue weighted by molar-refractivity contribution is 7.85. The quantitative estimate of drug-likeness (QED) is 0.328. The Kier molecular flexibility index (Phi) is 6.41. The van der Waals surface area contributed by atoms with Crippen LogP contribution in [0.25, 0.3) is 0 Å². The first-order chi connectivity index (χ1) is 6.87. The van der Waals surface area contributed by atoms with Gasteiger partial charge in [0.2, 0.25) is 0 Å². The highest BCUT2D eigenvalue weighted by atomic mass is 32.2. The maximum absolute atomic E-state index is 11.0. The van der Waals surface area contributed by atoms with E-state index in [0.29, 0.717) is 19.4 Å². The van der Waals surface area contributed by atoms with Gasteiger partial charge in [0.1, 0.15) is 6.04 Å². The van der Waals surface area contributed by atoms with Crippen molar-refractivity contribution < 1.29 is 22.4 Å². The molecule has 0 rings (SSSR count). The number of unbranched alkanes of at least 4 members (excludes halogenated alkanes) is 1. The van der Waals surface area contributed by atoms with Gasteiger partial charge in [-0.2, -0.15) is 8.42 Å². The maximum atomic E-state index is 11.0.